The quantitative estimate of drug-likeness (QED) is 0.628. The lowest BCUT2D eigenvalue weighted by atomic mass is 9.94. The SMILES string of the molecule is CSc1nc2ccsc2c(=O)n1CC(=O)N(C)C1CCCCC1. The largest absolute Gasteiger partial charge is 0.341 e. The predicted octanol–water partition coefficient (Wildman–Crippen LogP) is 2.97. The number of carbonyl (C=O) groups is 1. The van der Waals surface area contributed by atoms with Crippen LogP contribution < -0.4 is 5.56 Å². The zero-order valence-electron chi connectivity index (χ0n) is 13.4. The van der Waals surface area contributed by atoms with Gasteiger partial charge in [-0.25, -0.2) is 4.98 Å². The summed E-state index contributed by atoms with van der Waals surface area (Å²) in [6, 6.07) is 2.16. The summed E-state index contributed by atoms with van der Waals surface area (Å²) in [6.45, 7) is 0.0723. The molecule has 1 fully saturated rings. The second-order valence-corrected chi connectivity index (χ2v) is 7.61. The average Bonchev–Trinajstić information content (AvgIpc) is 3.05. The van der Waals surface area contributed by atoms with Gasteiger partial charge in [-0.05, 0) is 30.5 Å². The Hall–Kier alpha value is -1.34. The summed E-state index contributed by atoms with van der Waals surface area (Å²) in [6.07, 6.45) is 7.63. The number of hydrogen-bond acceptors (Lipinski definition) is 5. The van der Waals surface area contributed by atoms with Gasteiger partial charge in [-0.15, -0.1) is 11.3 Å². The highest BCUT2D eigenvalue weighted by molar-refractivity contribution is 7.98. The first-order chi connectivity index (χ1) is 11.1. The third-order valence-electron chi connectivity index (χ3n) is 4.52. The zero-order valence-corrected chi connectivity index (χ0v) is 15.1. The van der Waals surface area contributed by atoms with Gasteiger partial charge in [0.2, 0.25) is 5.91 Å². The fraction of sp³-hybridized carbons (Fsp3) is 0.562. The van der Waals surface area contributed by atoms with E-state index in [1.807, 2.05) is 29.6 Å². The first-order valence-electron chi connectivity index (χ1n) is 7.89. The van der Waals surface area contributed by atoms with Crippen LogP contribution in [0.25, 0.3) is 10.2 Å². The van der Waals surface area contributed by atoms with Crippen LogP contribution >= 0.6 is 23.1 Å². The van der Waals surface area contributed by atoms with Crippen molar-refractivity contribution in [2.75, 3.05) is 13.3 Å². The fourth-order valence-electron chi connectivity index (χ4n) is 3.14. The number of hydrogen-bond donors (Lipinski definition) is 0. The van der Waals surface area contributed by atoms with E-state index in [0.717, 1.165) is 12.8 Å². The molecule has 2 aromatic heterocycles. The topological polar surface area (TPSA) is 55.2 Å². The van der Waals surface area contributed by atoms with Gasteiger partial charge in [0.05, 0.1) is 5.52 Å². The molecule has 7 heteroatoms. The monoisotopic (exact) mass is 351 g/mol. The van der Waals surface area contributed by atoms with Crippen molar-refractivity contribution in [2.45, 2.75) is 49.8 Å². The summed E-state index contributed by atoms with van der Waals surface area (Å²) in [5.74, 6) is -0.00740. The van der Waals surface area contributed by atoms with E-state index in [4.69, 9.17) is 0 Å². The van der Waals surface area contributed by atoms with Gasteiger partial charge in [0.1, 0.15) is 11.2 Å². The molecule has 0 atom stereocenters. The van der Waals surface area contributed by atoms with Crippen molar-refractivity contribution in [3.05, 3.63) is 21.8 Å². The van der Waals surface area contributed by atoms with E-state index in [0.29, 0.717) is 21.4 Å². The van der Waals surface area contributed by atoms with Crippen molar-refractivity contribution in [3.63, 3.8) is 0 Å². The van der Waals surface area contributed by atoms with Crippen LogP contribution in [0.4, 0.5) is 0 Å². The number of aromatic nitrogens is 2. The minimum atomic E-state index is -0.111. The molecule has 0 unspecified atom stereocenters. The number of fused-ring (bicyclic) bond motifs is 1. The maximum absolute atomic E-state index is 12.7. The van der Waals surface area contributed by atoms with E-state index in [9.17, 15) is 9.59 Å². The minimum absolute atomic E-state index is 0.00740. The maximum Gasteiger partial charge on any atom is 0.272 e. The third kappa shape index (κ3) is 3.30. The first-order valence-corrected chi connectivity index (χ1v) is 10.00. The molecule has 0 saturated heterocycles. The van der Waals surface area contributed by atoms with Gasteiger partial charge in [-0.1, -0.05) is 31.0 Å². The molecule has 1 aliphatic carbocycles. The lowest BCUT2D eigenvalue weighted by Crippen LogP contribution is -2.41. The fourth-order valence-corrected chi connectivity index (χ4v) is 4.47. The molecular weight excluding hydrogens is 330 g/mol. The highest BCUT2D eigenvalue weighted by Crippen LogP contribution is 2.23. The lowest BCUT2D eigenvalue weighted by Gasteiger charge is -2.31. The van der Waals surface area contributed by atoms with Gasteiger partial charge in [0.25, 0.3) is 5.56 Å². The van der Waals surface area contributed by atoms with E-state index in [1.165, 1.54) is 46.9 Å². The molecule has 1 aliphatic rings. The van der Waals surface area contributed by atoms with E-state index in [2.05, 4.69) is 4.98 Å². The molecule has 0 aliphatic heterocycles. The second kappa shape index (κ2) is 7.05. The number of amides is 1. The molecule has 0 bridgehead atoms. The van der Waals surface area contributed by atoms with Crippen LogP contribution in [0.15, 0.2) is 21.4 Å². The molecule has 0 N–H and O–H groups in total. The summed E-state index contributed by atoms with van der Waals surface area (Å²) >= 11 is 2.78. The van der Waals surface area contributed by atoms with E-state index in [-0.39, 0.29) is 18.0 Å². The van der Waals surface area contributed by atoms with Gasteiger partial charge in [-0.2, -0.15) is 0 Å². The Balaban J connectivity index is 1.86. The molecule has 23 heavy (non-hydrogen) atoms. The van der Waals surface area contributed by atoms with Crippen molar-refractivity contribution >= 4 is 39.2 Å². The van der Waals surface area contributed by atoms with Gasteiger partial charge in [-0.3, -0.25) is 14.2 Å². The van der Waals surface area contributed by atoms with Crippen LogP contribution in [0, 0.1) is 0 Å². The smallest absolute Gasteiger partial charge is 0.272 e. The van der Waals surface area contributed by atoms with Crippen LogP contribution in [0.2, 0.25) is 0 Å². The maximum atomic E-state index is 12.7. The second-order valence-electron chi connectivity index (χ2n) is 5.92. The normalized spacial score (nSPS) is 15.9. The Morgan fingerprint density at radius 1 is 1.43 bits per heavy atom. The Morgan fingerprint density at radius 2 is 2.17 bits per heavy atom. The molecular formula is C16H21N3O2S2. The number of thiophene rings is 1. The summed E-state index contributed by atoms with van der Waals surface area (Å²) in [5.41, 5.74) is 0.605. The third-order valence-corrected chi connectivity index (χ3v) is 6.09. The molecule has 2 heterocycles. The van der Waals surface area contributed by atoms with Crippen molar-refractivity contribution in [2.24, 2.45) is 0 Å². The molecule has 1 amide bonds. The van der Waals surface area contributed by atoms with Crippen molar-refractivity contribution in [1.29, 1.82) is 0 Å². The summed E-state index contributed by atoms with van der Waals surface area (Å²) < 4.78 is 2.14. The van der Waals surface area contributed by atoms with E-state index >= 15 is 0 Å². The molecule has 3 rings (SSSR count). The van der Waals surface area contributed by atoms with E-state index < -0.39 is 0 Å². The molecule has 2 aromatic rings. The Kier molecular flexibility index (Phi) is 5.06. The van der Waals surface area contributed by atoms with Crippen LogP contribution in [-0.2, 0) is 11.3 Å². The molecule has 0 radical (unpaired) electrons. The van der Waals surface area contributed by atoms with Gasteiger partial charge in [0.15, 0.2) is 5.16 Å². The molecule has 1 saturated carbocycles. The Labute approximate surface area is 143 Å². The Morgan fingerprint density at radius 3 is 2.87 bits per heavy atom. The van der Waals surface area contributed by atoms with Gasteiger partial charge in [0, 0.05) is 13.1 Å². The van der Waals surface area contributed by atoms with Crippen molar-refractivity contribution < 1.29 is 4.79 Å². The van der Waals surface area contributed by atoms with Gasteiger partial charge < -0.3 is 4.90 Å². The highest BCUT2D eigenvalue weighted by atomic mass is 32.2. The number of carbonyl (C=O) groups excluding carboxylic acids is 1. The highest BCUT2D eigenvalue weighted by Gasteiger charge is 2.23. The Bertz CT molecular complexity index is 762. The minimum Gasteiger partial charge on any atom is -0.341 e. The van der Waals surface area contributed by atoms with Crippen molar-refractivity contribution in [3.8, 4) is 0 Å². The summed E-state index contributed by atoms with van der Waals surface area (Å²) in [4.78, 5) is 31.6. The molecule has 124 valence electrons. The first kappa shape index (κ1) is 16.5. The van der Waals surface area contributed by atoms with Crippen LogP contribution in [-0.4, -0.2) is 39.7 Å². The molecule has 5 nitrogen and oxygen atoms in total. The predicted molar refractivity (Wildman–Crippen MR) is 95.3 cm³/mol. The zero-order chi connectivity index (χ0) is 16.4. The number of likely N-dealkylation sites (N-methyl/N-ethyl adjacent to an activating group) is 1. The van der Waals surface area contributed by atoms with Gasteiger partial charge >= 0.3 is 0 Å². The number of nitrogens with zero attached hydrogens (tertiary/aromatic N) is 3. The van der Waals surface area contributed by atoms with E-state index in [1.54, 1.807) is 0 Å². The summed E-state index contributed by atoms with van der Waals surface area (Å²) in [7, 11) is 1.86. The summed E-state index contributed by atoms with van der Waals surface area (Å²) in [5, 5.41) is 2.47. The standard InChI is InChI=1S/C16H21N3O2S2/c1-18(11-6-4-3-5-7-11)13(20)10-19-15(21)14-12(8-9-23-14)17-16(19)22-2/h8-9,11H,3-7,10H2,1-2H3. The average molecular weight is 351 g/mol. The van der Waals surface area contributed by atoms with Crippen molar-refractivity contribution in [1.82, 2.24) is 14.5 Å². The number of rotatable bonds is 4. The lowest BCUT2D eigenvalue weighted by molar-refractivity contribution is -0.133. The van der Waals surface area contributed by atoms with Crippen LogP contribution in [0.1, 0.15) is 32.1 Å². The molecule has 0 spiro atoms. The van der Waals surface area contributed by atoms with Crippen LogP contribution in [0.3, 0.4) is 0 Å². The van der Waals surface area contributed by atoms with Crippen LogP contribution in [0.5, 0.6) is 0 Å². The molecule has 0 aromatic carbocycles. The number of thioether (sulfide) groups is 1.